The number of hydrogen-bond acceptors (Lipinski definition) is 7. The molecule has 0 radical (unpaired) electrons. The fourth-order valence-corrected chi connectivity index (χ4v) is 4.12. The van der Waals surface area contributed by atoms with Gasteiger partial charge in [0, 0.05) is 27.7 Å². The zero-order chi connectivity index (χ0) is 25.3. The number of aromatic nitrogens is 2. The van der Waals surface area contributed by atoms with Gasteiger partial charge >= 0.3 is 6.09 Å². The molecule has 4 rings (SSSR count). The number of methoxy groups -OCH3 is 2. The normalized spacial score (nSPS) is 11.1. The van der Waals surface area contributed by atoms with Crippen LogP contribution in [0.2, 0.25) is 0 Å². The van der Waals surface area contributed by atoms with Crippen LogP contribution in [-0.2, 0) is 14.2 Å². The van der Waals surface area contributed by atoms with Crippen LogP contribution in [-0.4, -0.2) is 70.1 Å². The van der Waals surface area contributed by atoms with Gasteiger partial charge in [-0.2, -0.15) is 0 Å². The maximum absolute atomic E-state index is 10.9. The van der Waals surface area contributed by atoms with Gasteiger partial charge < -0.3 is 34.3 Å². The van der Waals surface area contributed by atoms with Crippen LogP contribution in [0, 0.1) is 0 Å². The topological polar surface area (TPSA) is 119 Å². The highest BCUT2D eigenvalue weighted by atomic mass is 79.9. The van der Waals surface area contributed by atoms with Crippen molar-refractivity contribution >= 4 is 44.3 Å². The number of amides is 1. The number of ether oxygens (including phenoxy) is 5. The fraction of sp³-hybridized carbons (Fsp3) is 0.320. The minimum atomic E-state index is -0.477. The Balaban J connectivity index is 1.30. The lowest BCUT2D eigenvalue weighted by molar-refractivity contribution is 0.0369. The third kappa shape index (κ3) is 6.42. The molecule has 0 atom stereocenters. The van der Waals surface area contributed by atoms with Gasteiger partial charge in [0.15, 0.2) is 11.5 Å². The first-order chi connectivity index (χ1) is 17.6. The summed E-state index contributed by atoms with van der Waals surface area (Å²) >= 11 is 3.50. The summed E-state index contributed by atoms with van der Waals surface area (Å²) in [7, 11) is 2.94. The summed E-state index contributed by atoms with van der Waals surface area (Å²) in [4.78, 5) is 10.9. The number of nitrogens with one attached hydrogen (secondary N) is 4. The monoisotopic (exact) mass is 560 g/mol. The van der Waals surface area contributed by atoms with Gasteiger partial charge in [-0.15, -0.1) is 0 Å². The summed E-state index contributed by atoms with van der Waals surface area (Å²) in [6.07, 6.45) is -0.477. The number of H-pyrrole nitrogens is 2. The van der Waals surface area contributed by atoms with E-state index in [0.29, 0.717) is 51.1 Å². The van der Waals surface area contributed by atoms with Crippen molar-refractivity contribution in [2.45, 2.75) is 0 Å². The number of benzene rings is 2. The molecule has 11 heteroatoms. The lowest BCUT2D eigenvalue weighted by atomic mass is 10.2. The Hall–Kier alpha value is -3.41. The molecular formula is C25H29BrN4O6. The standard InChI is InChI=1S/C25H29BrN4O6/c1-32-21-13-16-12-20-23(29-30-24(20)28-18-5-3-4-17(26)14-18)19(16)15-22(21)36-11-10-35-9-8-34-7-6-27-25(31)33-2/h3-5,12-15,28-30H,6-11H2,1-2H3,(H,27,31). The van der Waals surface area contributed by atoms with E-state index >= 15 is 0 Å². The quantitative estimate of drug-likeness (QED) is 0.172. The Labute approximate surface area is 217 Å². The van der Waals surface area contributed by atoms with Crippen LogP contribution in [0.5, 0.6) is 11.5 Å². The molecule has 2 aromatic rings. The summed E-state index contributed by atoms with van der Waals surface area (Å²) in [5.74, 6) is 2.17. The molecule has 10 nitrogen and oxygen atoms in total. The van der Waals surface area contributed by atoms with Crippen molar-refractivity contribution in [2.24, 2.45) is 0 Å². The molecule has 192 valence electrons. The Bertz CT molecular complexity index is 1260. The minimum Gasteiger partial charge on any atom is -0.493 e. The van der Waals surface area contributed by atoms with Gasteiger partial charge in [0.1, 0.15) is 12.4 Å². The second-order valence-electron chi connectivity index (χ2n) is 7.78. The number of fused-ring (bicyclic) bond motifs is 3. The molecule has 1 amide bonds. The predicted molar refractivity (Wildman–Crippen MR) is 141 cm³/mol. The highest BCUT2D eigenvalue weighted by Gasteiger charge is 2.19. The SMILES string of the molecule is COC(=O)NCCOCCOCCOc1cc2c3[nH][nH]c(Nc4cccc(Br)c4)c-3cc2cc1OC. The van der Waals surface area contributed by atoms with Gasteiger partial charge in [0.25, 0.3) is 0 Å². The molecule has 2 aliphatic rings. The molecule has 36 heavy (non-hydrogen) atoms. The van der Waals surface area contributed by atoms with Gasteiger partial charge in [-0.25, -0.2) is 4.79 Å². The van der Waals surface area contributed by atoms with E-state index < -0.39 is 6.09 Å². The van der Waals surface area contributed by atoms with Gasteiger partial charge in [0.2, 0.25) is 0 Å². The maximum atomic E-state index is 10.9. The van der Waals surface area contributed by atoms with Gasteiger partial charge in [-0.1, -0.05) is 22.0 Å². The number of alkyl carbamates (subject to hydrolysis) is 1. The van der Waals surface area contributed by atoms with E-state index in [0.717, 1.165) is 38.0 Å². The molecule has 1 heterocycles. The van der Waals surface area contributed by atoms with Crippen molar-refractivity contribution in [3.63, 3.8) is 0 Å². The molecule has 0 fully saturated rings. The van der Waals surface area contributed by atoms with Crippen LogP contribution in [0.3, 0.4) is 0 Å². The fourth-order valence-electron chi connectivity index (χ4n) is 3.72. The first-order valence-electron chi connectivity index (χ1n) is 11.4. The largest absolute Gasteiger partial charge is 0.493 e. The molecular weight excluding hydrogens is 532 g/mol. The number of rotatable bonds is 13. The summed E-state index contributed by atoms with van der Waals surface area (Å²) in [5.41, 5.74) is 2.98. The van der Waals surface area contributed by atoms with Crippen LogP contribution in [0.4, 0.5) is 16.3 Å². The van der Waals surface area contributed by atoms with E-state index in [1.54, 1.807) is 7.11 Å². The zero-order valence-electron chi connectivity index (χ0n) is 20.1. The number of anilines is 2. The van der Waals surface area contributed by atoms with Crippen molar-refractivity contribution in [1.29, 1.82) is 0 Å². The highest BCUT2D eigenvalue weighted by Crippen LogP contribution is 2.43. The molecule has 0 saturated heterocycles. The third-order valence-corrected chi connectivity index (χ3v) is 5.90. The van der Waals surface area contributed by atoms with Crippen molar-refractivity contribution in [1.82, 2.24) is 15.5 Å². The second kappa shape index (κ2) is 12.5. The average molecular weight is 561 g/mol. The number of carbonyl (C=O) groups is 1. The smallest absolute Gasteiger partial charge is 0.406 e. The van der Waals surface area contributed by atoms with Crippen molar-refractivity contribution in [3.8, 4) is 22.8 Å². The second-order valence-corrected chi connectivity index (χ2v) is 8.69. The molecule has 0 aromatic heterocycles. The Kier molecular flexibility index (Phi) is 8.93. The van der Waals surface area contributed by atoms with Gasteiger partial charge in [-0.05, 0) is 41.8 Å². The molecule has 0 bridgehead atoms. The number of carbonyl (C=O) groups excluding carboxylic acids is 1. The molecule has 4 N–H and O–H groups in total. The zero-order valence-corrected chi connectivity index (χ0v) is 21.7. The van der Waals surface area contributed by atoms with Crippen LogP contribution in [0.25, 0.3) is 22.0 Å². The average Bonchev–Trinajstić information content (AvgIpc) is 3.43. The number of aromatic amines is 2. The van der Waals surface area contributed by atoms with E-state index in [2.05, 4.69) is 47.6 Å². The minimum absolute atomic E-state index is 0.363. The first-order valence-corrected chi connectivity index (χ1v) is 12.2. The van der Waals surface area contributed by atoms with Crippen LogP contribution in [0.15, 0.2) is 46.9 Å². The Morgan fingerprint density at radius 3 is 2.53 bits per heavy atom. The van der Waals surface area contributed by atoms with Crippen molar-refractivity contribution in [3.05, 3.63) is 46.9 Å². The predicted octanol–water partition coefficient (Wildman–Crippen LogP) is 4.88. The Morgan fingerprint density at radius 1 is 0.944 bits per heavy atom. The van der Waals surface area contributed by atoms with E-state index in [9.17, 15) is 4.79 Å². The van der Waals surface area contributed by atoms with E-state index in [4.69, 9.17) is 18.9 Å². The molecule has 1 aliphatic carbocycles. The maximum Gasteiger partial charge on any atom is 0.406 e. The highest BCUT2D eigenvalue weighted by molar-refractivity contribution is 9.10. The lowest BCUT2D eigenvalue weighted by Crippen LogP contribution is -2.27. The lowest BCUT2D eigenvalue weighted by Gasteiger charge is -2.12. The van der Waals surface area contributed by atoms with Gasteiger partial charge in [-0.3, -0.25) is 10.2 Å². The van der Waals surface area contributed by atoms with Crippen molar-refractivity contribution < 1.29 is 28.5 Å². The number of halogens is 1. The van der Waals surface area contributed by atoms with E-state index in [-0.39, 0.29) is 0 Å². The summed E-state index contributed by atoms with van der Waals surface area (Å²) in [5, 5.41) is 14.5. The molecule has 1 aliphatic heterocycles. The van der Waals surface area contributed by atoms with Crippen LogP contribution >= 0.6 is 15.9 Å². The van der Waals surface area contributed by atoms with Crippen LogP contribution in [0.1, 0.15) is 0 Å². The molecule has 2 aromatic carbocycles. The molecule has 0 spiro atoms. The van der Waals surface area contributed by atoms with E-state index in [1.807, 2.05) is 36.4 Å². The summed E-state index contributed by atoms with van der Waals surface area (Å²) in [6.45, 7) is 2.38. The molecule has 0 saturated carbocycles. The summed E-state index contributed by atoms with van der Waals surface area (Å²) < 4.78 is 27.9. The molecule has 0 unspecified atom stereocenters. The van der Waals surface area contributed by atoms with Crippen LogP contribution < -0.4 is 20.1 Å². The number of hydrogen-bond donors (Lipinski definition) is 4. The van der Waals surface area contributed by atoms with E-state index in [1.165, 1.54) is 7.11 Å². The third-order valence-electron chi connectivity index (χ3n) is 5.41. The van der Waals surface area contributed by atoms with Crippen molar-refractivity contribution in [2.75, 3.05) is 59.1 Å². The summed E-state index contributed by atoms with van der Waals surface area (Å²) in [6, 6.07) is 14.0. The van der Waals surface area contributed by atoms with Gasteiger partial charge in [0.05, 0.1) is 46.3 Å². The first kappa shape index (κ1) is 25.7. The Morgan fingerprint density at radius 2 is 1.75 bits per heavy atom.